The van der Waals surface area contributed by atoms with Crippen LogP contribution in [0.2, 0.25) is 0 Å². The van der Waals surface area contributed by atoms with Gasteiger partial charge in [-0.25, -0.2) is 0 Å². The van der Waals surface area contributed by atoms with Crippen LogP contribution in [0.3, 0.4) is 0 Å². The third-order valence-corrected chi connectivity index (χ3v) is 2.38. The van der Waals surface area contributed by atoms with Gasteiger partial charge in [-0.1, -0.05) is 27.7 Å². The lowest BCUT2D eigenvalue weighted by Crippen LogP contribution is -2.40. The fourth-order valence-corrected chi connectivity index (χ4v) is 1.64. The van der Waals surface area contributed by atoms with Crippen molar-refractivity contribution in [3.63, 3.8) is 0 Å². The minimum Gasteiger partial charge on any atom is -0.355 e. The van der Waals surface area contributed by atoms with E-state index in [-0.39, 0.29) is 5.91 Å². The van der Waals surface area contributed by atoms with Gasteiger partial charge in [0, 0.05) is 13.1 Å². The molecule has 0 unspecified atom stereocenters. The van der Waals surface area contributed by atoms with E-state index in [0.717, 1.165) is 26.1 Å². The fourth-order valence-electron chi connectivity index (χ4n) is 1.64. The van der Waals surface area contributed by atoms with Gasteiger partial charge in [-0.2, -0.15) is 0 Å². The highest BCUT2D eigenvalue weighted by molar-refractivity contribution is 5.77. The Morgan fingerprint density at radius 1 is 1.24 bits per heavy atom. The van der Waals surface area contributed by atoms with Crippen molar-refractivity contribution in [2.75, 3.05) is 32.7 Å². The van der Waals surface area contributed by atoms with E-state index in [0.29, 0.717) is 24.9 Å². The molecule has 0 aromatic rings. The first-order valence-electron chi connectivity index (χ1n) is 6.64. The lowest BCUT2D eigenvalue weighted by Gasteiger charge is -2.23. The maximum absolute atomic E-state index is 11.7. The molecular formula is C13H29N3O. The van der Waals surface area contributed by atoms with E-state index in [4.69, 9.17) is 5.73 Å². The van der Waals surface area contributed by atoms with Crippen LogP contribution in [0.15, 0.2) is 0 Å². The molecule has 0 aliphatic rings. The number of carbonyl (C=O) groups excluding carboxylic acids is 1. The van der Waals surface area contributed by atoms with Gasteiger partial charge in [-0.05, 0) is 31.3 Å². The van der Waals surface area contributed by atoms with Gasteiger partial charge in [-0.15, -0.1) is 0 Å². The number of carbonyl (C=O) groups is 1. The molecular weight excluding hydrogens is 214 g/mol. The van der Waals surface area contributed by atoms with Crippen LogP contribution in [-0.2, 0) is 4.79 Å². The van der Waals surface area contributed by atoms with Gasteiger partial charge >= 0.3 is 0 Å². The van der Waals surface area contributed by atoms with Crippen LogP contribution >= 0.6 is 0 Å². The van der Waals surface area contributed by atoms with Crippen molar-refractivity contribution in [2.45, 2.75) is 34.1 Å². The smallest absolute Gasteiger partial charge is 0.234 e. The Bertz CT molecular complexity index is 205. The monoisotopic (exact) mass is 243 g/mol. The average molecular weight is 243 g/mol. The molecule has 0 fully saturated rings. The first-order chi connectivity index (χ1) is 7.95. The van der Waals surface area contributed by atoms with Gasteiger partial charge < -0.3 is 11.1 Å². The van der Waals surface area contributed by atoms with Gasteiger partial charge in [0.1, 0.15) is 0 Å². The Morgan fingerprint density at radius 3 is 2.35 bits per heavy atom. The predicted molar refractivity (Wildman–Crippen MR) is 72.8 cm³/mol. The minimum atomic E-state index is 0.122. The SMILES string of the molecule is CC(C)CNC(=O)CN(CCCN)CC(C)C. The van der Waals surface area contributed by atoms with Crippen molar-refractivity contribution >= 4 is 5.91 Å². The van der Waals surface area contributed by atoms with Crippen molar-refractivity contribution in [3.05, 3.63) is 0 Å². The van der Waals surface area contributed by atoms with Crippen LogP contribution < -0.4 is 11.1 Å². The van der Waals surface area contributed by atoms with E-state index < -0.39 is 0 Å². The molecule has 0 aromatic carbocycles. The maximum atomic E-state index is 11.7. The molecule has 0 spiro atoms. The molecule has 4 heteroatoms. The van der Waals surface area contributed by atoms with Gasteiger partial charge in [-0.3, -0.25) is 9.69 Å². The summed E-state index contributed by atoms with van der Waals surface area (Å²) in [7, 11) is 0. The first kappa shape index (κ1) is 16.4. The highest BCUT2D eigenvalue weighted by Crippen LogP contribution is 1.99. The molecule has 1 amide bonds. The summed E-state index contributed by atoms with van der Waals surface area (Å²) in [6, 6.07) is 0. The van der Waals surface area contributed by atoms with Gasteiger partial charge in [0.05, 0.1) is 6.54 Å². The summed E-state index contributed by atoms with van der Waals surface area (Å²) < 4.78 is 0. The second-order valence-corrected chi connectivity index (χ2v) is 5.47. The summed E-state index contributed by atoms with van der Waals surface area (Å²) in [6.07, 6.45) is 0.949. The van der Waals surface area contributed by atoms with E-state index in [9.17, 15) is 4.79 Å². The zero-order valence-corrected chi connectivity index (χ0v) is 11.8. The molecule has 102 valence electrons. The van der Waals surface area contributed by atoms with E-state index in [1.54, 1.807) is 0 Å². The molecule has 0 rings (SSSR count). The Hall–Kier alpha value is -0.610. The van der Waals surface area contributed by atoms with Crippen molar-refractivity contribution in [1.29, 1.82) is 0 Å². The third-order valence-electron chi connectivity index (χ3n) is 2.38. The molecule has 0 heterocycles. The van der Waals surface area contributed by atoms with Crippen molar-refractivity contribution in [2.24, 2.45) is 17.6 Å². The van der Waals surface area contributed by atoms with Crippen LogP contribution in [0.25, 0.3) is 0 Å². The Labute approximate surface area is 106 Å². The van der Waals surface area contributed by atoms with E-state index in [1.807, 2.05) is 0 Å². The third kappa shape index (κ3) is 10.3. The molecule has 0 saturated heterocycles. The number of rotatable bonds is 9. The standard InChI is InChI=1S/C13H29N3O/c1-11(2)8-15-13(17)10-16(7-5-6-14)9-12(3)4/h11-12H,5-10,14H2,1-4H3,(H,15,17). The molecule has 4 nitrogen and oxygen atoms in total. The summed E-state index contributed by atoms with van der Waals surface area (Å²) in [5.74, 6) is 1.20. The predicted octanol–water partition coefficient (Wildman–Crippen LogP) is 1.07. The Kier molecular flexibility index (Phi) is 9.09. The molecule has 17 heavy (non-hydrogen) atoms. The summed E-state index contributed by atoms with van der Waals surface area (Å²) in [5.41, 5.74) is 5.51. The zero-order chi connectivity index (χ0) is 13.3. The quantitative estimate of drug-likeness (QED) is 0.637. The van der Waals surface area contributed by atoms with E-state index in [2.05, 4.69) is 37.9 Å². The minimum absolute atomic E-state index is 0.122. The summed E-state index contributed by atoms with van der Waals surface area (Å²) in [5, 5.41) is 2.95. The lowest BCUT2D eigenvalue weighted by molar-refractivity contribution is -0.122. The lowest BCUT2D eigenvalue weighted by atomic mass is 10.2. The molecule has 0 aromatic heterocycles. The van der Waals surface area contributed by atoms with Gasteiger partial charge in [0.25, 0.3) is 0 Å². The number of nitrogens with two attached hydrogens (primary N) is 1. The molecule has 0 saturated carbocycles. The number of hydrogen-bond donors (Lipinski definition) is 2. The number of nitrogens with one attached hydrogen (secondary N) is 1. The molecule has 0 atom stereocenters. The highest BCUT2D eigenvalue weighted by Gasteiger charge is 2.11. The van der Waals surface area contributed by atoms with Gasteiger partial charge in [0.2, 0.25) is 5.91 Å². The van der Waals surface area contributed by atoms with Crippen molar-refractivity contribution < 1.29 is 4.79 Å². The van der Waals surface area contributed by atoms with Crippen molar-refractivity contribution in [3.8, 4) is 0 Å². The van der Waals surface area contributed by atoms with E-state index >= 15 is 0 Å². The highest BCUT2D eigenvalue weighted by atomic mass is 16.2. The van der Waals surface area contributed by atoms with Crippen LogP contribution in [-0.4, -0.2) is 43.5 Å². The first-order valence-corrected chi connectivity index (χ1v) is 6.64. The molecule has 0 aliphatic heterocycles. The topological polar surface area (TPSA) is 58.4 Å². The van der Waals surface area contributed by atoms with Crippen LogP contribution in [0.4, 0.5) is 0 Å². The maximum Gasteiger partial charge on any atom is 0.234 e. The van der Waals surface area contributed by atoms with Crippen LogP contribution in [0.5, 0.6) is 0 Å². The van der Waals surface area contributed by atoms with Crippen molar-refractivity contribution in [1.82, 2.24) is 10.2 Å². The van der Waals surface area contributed by atoms with E-state index in [1.165, 1.54) is 0 Å². The molecule has 0 aliphatic carbocycles. The zero-order valence-electron chi connectivity index (χ0n) is 11.8. The van der Waals surface area contributed by atoms with Crippen LogP contribution in [0.1, 0.15) is 34.1 Å². The average Bonchev–Trinajstić information content (AvgIpc) is 2.22. The number of amides is 1. The number of nitrogens with zero attached hydrogens (tertiary/aromatic N) is 1. The van der Waals surface area contributed by atoms with Crippen LogP contribution in [0, 0.1) is 11.8 Å². The Balaban J connectivity index is 3.98. The second kappa shape index (κ2) is 9.42. The number of hydrogen-bond acceptors (Lipinski definition) is 3. The molecule has 0 radical (unpaired) electrons. The summed E-state index contributed by atoms with van der Waals surface area (Å²) >= 11 is 0. The fraction of sp³-hybridized carbons (Fsp3) is 0.923. The molecule has 0 bridgehead atoms. The summed E-state index contributed by atoms with van der Waals surface area (Å²) in [6.45, 7) is 12.3. The normalized spacial score (nSPS) is 11.5. The second-order valence-electron chi connectivity index (χ2n) is 5.47. The molecule has 3 N–H and O–H groups in total. The Morgan fingerprint density at radius 2 is 1.88 bits per heavy atom. The van der Waals surface area contributed by atoms with Gasteiger partial charge in [0.15, 0.2) is 0 Å². The summed E-state index contributed by atoms with van der Waals surface area (Å²) in [4.78, 5) is 13.9. The largest absolute Gasteiger partial charge is 0.355 e.